The van der Waals surface area contributed by atoms with Crippen LogP contribution in [-0.2, 0) is 40.5 Å². The number of rotatable bonds is 0. The maximum atomic E-state index is 9.11. The van der Waals surface area contributed by atoms with Crippen LogP contribution in [0.25, 0.3) is 0 Å². The molecule has 7 nitrogen and oxygen atoms in total. The Morgan fingerprint density at radius 2 is 1.00 bits per heavy atom. The summed E-state index contributed by atoms with van der Waals surface area (Å²) < 4.78 is 50.6. The molecule has 13 heteroatoms. The largest absolute Gasteiger partial charge is 1.00 e. The molecule has 13 heavy (non-hydrogen) atoms. The van der Waals surface area contributed by atoms with Crippen LogP contribution in [0, 0.1) is 0 Å². The van der Waals surface area contributed by atoms with E-state index in [4.69, 9.17) is 26.6 Å². The first-order chi connectivity index (χ1) is 4.00. The molecule has 0 radical (unpaired) electrons. The van der Waals surface area contributed by atoms with Gasteiger partial charge in [-0.05, 0) is 11.2 Å². The SMILES string of the molecule is O.O=S(O)(O)=S.O=S([O-])([O-])=S.[Na+].[Na+]. The van der Waals surface area contributed by atoms with Gasteiger partial charge in [0, 0.05) is 11.2 Å². The Kier molecular flexibility index (Phi) is 28.7. The molecule has 0 heterocycles. The van der Waals surface area contributed by atoms with Crippen molar-refractivity contribution < 1.29 is 91.2 Å². The number of hydrogen-bond acceptors (Lipinski definition) is 6. The van der Waals surface area contributed by atoms with E-state index in [1.807, 2.05) is 0 Å². The van der Waals surface area contributed by atoms with Crippen LogP contribution >= 0.6 is 0 Å². The molecule has 0 bridgehead atoms. The Morgan fingerprint density at radius 1 is 1.00 bits per heavy atom. The maximum Gasteiger partial charge on any atom is 1.00 e. The second-order valence-corrected chi connectivity index (χ2v) is 5.10. The molecule has 0 fully saturated rings. The van der Waals surface area contributed by atoms with E-state index in [9.17, 15) is 0 Å². The third kappa shape index (κ3) is 354. The monoisotopic (exact) mass is 290 g/mol. The average Bonchev–Trinajstić information content (AvgIpc) is 1.12. The van der Waals surface area contributed by atoms with Crippen molar-refractivity contribution in [2.45, 2.75) is 0 Å². The van der Waals surface area contributed by atoms with E-state index in [1.54, 1.807) is 0 Å². The first kappa shape index (κ1) is 29.6. The van der Waals surface area contributed by atoms with Crippen LogP contribution in [-0.4, -0.2) is 32.1 Å². The summed E-state index contributed by atoms with van der Waals surface area (Å²) in [6.45, 7) is 0. The molecule has 0 rings (SSSR count). The maximum absolute atomic E-state index is 9.11. The van der Waals surface area contributed by atoms with Gasteiger partial charge in [0.05, 0.1) is 0 Å². The molecule has 72 valence electrons. The van der Waals surface area contributed by atoms with Crippen molar-refractivity contribution in [2.75, 3.05) is 0 Å². The van der Waals surface area contributed by atoms with Crippen LogP contribution in [0.3, 0.4) is 0 Å². The standard InChI is InChI=1S/2Na.2H2O3S2.H2O/c;;2*1-5(2,3)4;/h;;2*(H2,1,2,3,4);1H2/q2*+1;;;/p-2. The molecule has 4 N–H and O–H groups in total. The fourth-order valence-corrected chi connectivity index (χ4v) is 0. The Morgan fingerprint density at radius 3 is 1.00 bits per heavy atom. The normalized spacial score (nSPS) is 8.92. The molecule has 0 aromatic carbocycles. The molecule has 0 saturated heterocycles. The van der Waals surface area contributed by atoms with Gasteiger partial charge in [-0.3, -0.25) is 13.3 Å². The van der Waals surface area contributed by atoms with E-state index in [2.05, 4.69) is 22.4 Å². The Hall–Kier alpha value is 2.54. The summed E-state index contributed by atoms with van der Waals surface area (Å²) in [5.74, 6) is 0. The van der Waals surface area contributed by atoms with Crippen LogP contribution in [0.2, 0.25) is 0 Å². The fourth-order valence-electron chi connectivity index (χ4n) is 0. The smallest absolute Gasteiger partial charge is 0.780 e. The molecule has 0 spiro atoms. The minimum atomic E-state index is -4.33. The first-order valence-electron chi connectivity index (χ1n) is 1.37. The van der Waals surface area contributed by atoms with Gasteiger partial charge in [0.15, 0.2) is 0 Å². The predicted octanol–water partition coefficient (Wildman–Crippen LogP) is -8.14. The molecular weight excluding hydrogens is 286 g/mol. The van der Waals surface area contributed by atoms with Crippen molar-refractivity contribution in [2.24, 2.45) is 0 Å². The topological polar surface area (TPSA) is 152 Å². The molecule has 0 atom stereocenters. The molecule has 0 aromatic heterocycles. The molecule has 0 aromatic rings. The molecule has 0 saturated carbocycles. The number of hydrogen-bond donors (Lipinski definition) is 2. The third-order valence-electron chi connectivity index (χ3n) is 0. The summed E-state index contributed by atoms with van der Waals surface area (Å²) in [7, 11) is -8.17. The van der Waals surface area contributed by atoms with Gasteiger partial charge >= 0.3 is 59.1 Å². The van der Waals surface area contributed by atoms with Crippen LogP contribution in [0.4, 0.5) is 0 Å². The summed E-state index contributed by atoms with van der Waals surface area (Å²) >= 11 is 6.71. The zero-order chi connectivity index (χ0) is 9.00. The molecule has 0 aliphatic rings. The molecule has 0 unspecified atom stereocenters. The predicted molar refractivity (Wildman–Crippen MR) is 41.4 cm³/mol. The zero-order valence-corrected chi connectivity index (χ0v) is 13.9. The van der Waals surface area contributed by atoms with E-state index in [0.717, 1.165) is 0 Å². The molecule has 0 amide bonds. The quantitative estimate of drug-likeness (QED) is 0.417. The second kappa shape index (κ2) is 12.6. The second-order valence-electron chi connectivity index (χ2n) is 0.856. The minimum Gasteiger partial charge on any atom is -0.780 e. The van der Waals surface area contributed by atoms with E-state index in [0.29, 0.717) is 0 Å². The van der Waals surface area contributed by atoms with Gasteiger partial charge in [0.1, 0.15) is 0 Å². The van der Waals surface area contributed by atoms with Crippen molar-refractivity contribution >= 4 is 40.5 Å². The van der Waals surface area contributed by atoms with Gasteiger partial charge < -0.3 is 14.6 Å². The van der Waals surface area contributed by atoms with Gasteiger partial charge in [-0.2, -0.15) is 4.21 Å². The van der Waals surface area contributed by atoms with E-state index >= 15 is 0 Å². The van der Waals surface area contributed by atoms with Gasteiger partial charge in [-0.1, -0.05) is 0 Å². The van der Waals surface area contributed by atoms with Crippen molar-refractivity contribution in [3.63, 3.8) is 0 Å². The zero-order valence-electron chi connectivity index (χ0n) is 6.66. The van der Waals surface area contributed by atoms with Crippen molar-refractivity contribution in [3.05, 3.63) is 0 Å². The molecule has 0 aliphatic heterocycles. The van der Waals surface area contributed by atoms with E-state index in [-0.39, 0.29) is 64.6 Å². The first-order valence-corrected chi connectivity index (χ1v) is 6.10. The summed E-state index contributed by atoms with van der Waals surface area (Å²) in [5, 5.41) is 0. The Bertz CT molecular complexity index is 215. The van der Waals surface area contributed by atoms with Crippen molar-refractivity contribution in [3.8, 4) is 0 Å². The van der Waals surface area contributed by atoms with Crippen LogP contribution < -0.4 is 59.1 Å². The van der Waals surface area contributed by atoms with Crippen LogP contribution in [0.15, 0.2) is 0 Å². The Balaban J connectivity index is -0.0000000267. The minimum absolute atomic E-state index is 0. The van der Waals surface area contributed by atoms with E-state index in [1.165, 1.54) is 0 Å². The van der Waals surface area contributed by atoms with Gasteiger partial charge in [0.25, 0.3) is 9.05 Å². The summed E-state index contributed by atoms with van der Waals surface area (Å²) in [6, 6.07) is 0. The Labute approximate surface area is 130 Å². The molecular formula is H4Na2O7S4. The summed E-state index contributed by atoms with van der Waals surface area (Å²) in [4.78, 5) is 0. The average molecular weight is 290 g/mol. The third-order valence-corrected chi connectivity index (χ3v) is 0. The van der Waals surface area contributed by atoms with Gasteiger partial charge in [-0.25, -0.2) is 0 Å². The van der Waals surface area contributed by atoms with E-state index < -0.39 is 18.1 Å². The van der Waals surface area contributed by atoms with Crippen LogP contribution in [0.1, 0.15) is 0 Å². The summed E-state index contributed by atoms with van der Waals surface area (Å²) in [6.07, 6.45) is 0. The molecule has 0 aliphatic carbocycles. The van der Waals surface area contributed by atoms with Crippen molar-refractivity contribution in [1.29, 1.82) is 0 Å². The van der Waals surface area contributed by atoms with Crippen LogP contribution in [0.5, 0.6) is 0 Å². The fraction of sp³-hybridized carbons (Fsp3) is 0. The van der Waals surface area contributed by atoms with Crippen molar-refractivity contribution in [1.82, 2.24) is 0 Å². The van der Waals surface area contributed by atoms with Gasteiger partial charge in [-0.15, -0.1) is 9.05 Å². The summed E-state index contributed by atoms with van der Waals surface area (Å²) in [5.41, 5.74) is 0. The van der Waals surface area contributed by atoms with Gasteiger partial charge in [0.2, 0.25) is 0 Å².